The summed E-state index contributed by atoms with van der Waals surface area (Å²) in [6.45, 7) is 0. The van der Waals surface area contributed by atoms with Crippen molar-refractivity contribution in [3.8, 4) is 0 Å². The molecule has 4 nitrogen and oxygen atoms in total. The van der Waals surface area contributed by atoms with Gasteiger partial charge >= 0.3 is 11.9 Å². The Balaban J connectivity index is 1.92. The van der Waals surface area contributed by atoms with Crippen molar-refractivity contribution in [1.82, 2.24) is 0 Å². The Morgan fingerprint density at radius 2 is 0.647 bits per heavy atom. The van der Waals surface area contributed by atoms with Crippen molar-refractivity contribution in [3.63, 3.8) is 0 Å². The minimum absolute atomic E-state index is 0.562. The van der Waals surface area contributed by atoms with Crippen molar-refractivity contribution in [2.24, 2.45) is 0 Å². The van der Waals surface area contributed by atoms with Crippen molar-refractivity contribution < 1.29 is 19.8 Å². The zero-order chi connectivity index (χ0) is 24.0. The molecule has 0 fully saturated rings. The van der Waals surface area contributed by atoms with E-state index in [0.29, 0.717) is 22.3 Å². The Labute approximate surface area is 206 Å². The maximum absolute atomic E-state index is 13.0. The molecule has 0 amide bonds. The van der Waals surface area contributed by atoms with Crippen molar-refractivity contribution in [2.45, 2.75) is 9.49 Å². The molecular formula is C28H22O4S2. The van der Waals surface area contributed by atoms with E-state index in [-0.39, 0.29) is 0 Å². The van der Waals surface area contributed by atoms with E-state index in [0.717, 1.165) is 21.6 Å². The lowest BCUT2D eigenvalue weighted by molar-refractivity contribution is -0.140. The van der Waals surface area contributed by atoms with Gasteiger partial charge in [-0.25, -0.2) is 9.59 Å². The lowest BCUT2D eigenvalue weighted by atomic mass is 9.90. The van der Waals surface area contributed by atoms with E-state index in [1.54, 1.807) is 97.1 Å². The van der Waals surface area contributed by atoms with Crippen LogP contribution in [0.2, 0.25) is 0 Å². The molecule has 6 heteroatoms. The smallest absolute Gasteiger partial charge is 0.329 e. The molecule has 0 unspecified atom stereocenters. The van der Waals surface area contributed by atoms with Gasteiger partial charge in [-0.05, 0) is 22.3 Å². The van der Waals surface area contributed by atoms with Gasteiger partial charge in [-0.3, -0.25) is 0 Å². The topological polar surface area (TPSA) is 74.6 Å². The zero-order valence-electron chi connectivity index (χ0n) is 18.1. The number of hydrogen-bond acceptors (Lipinski definition) is 4. The number of carbonyl (C=O) groups is 2. The first-order chi connectivity index (χ1) is 16.5. The fraction of sp³-hybridized carbons (Fsp3) is 0.0714. The average molecular weight is 487 g/mol. The molecule has 0 aliphatic heterocycles. The summed E-state index contributed by atoms with van der Waals surface area (Å²) < 4.78 is -3.06. The van der Waals surface area contributed by atoms with E-state index in [4.69, 9.17) is 0 Å². The fourth-order valence-corrected chi connectivity index (χ4v) is 7.56. The summed E-state index contributed by atoms with van der Waals surface area (Å²) in [5.74, 6) is -2.13. The Morgan fingerprint density at radius 1 is 0.441 bits per heavy atom. The highest BCUT2D eigenvalue weighted by molar-refractivity contribution is 8.77. The number of carboxylic acids is 2. The van der Waals surface area contributed by atoms with E-state index >= 15 is 0 Å². The molecule has 0 radical (unpaired) electrons. The largest absolute Gasteiger partial charge is 0.480 e. The number of benzene rings is 4. The molecule has 0 aromatic heterocycles. The quantitative estimate of drug-likeness (QED) is 0.266. The van der Waals surface area contributed by atoms with Crippen LogP contribution in [0.3, 0.4) is 0 Å². The molecule has 4 aromatic carbocycles. The van der Waals surface area contributed by atoms with Crippen LogP contribution in [-0.4, -0.2) is 22.2 Å². The molecule has 0 saturated carbocycles. The van der Waals surface area contributed by atoms with Crippen molar-refractivity contribution in [1.29, 1.82) is 0 Å². The molecule has 0 atom stereocenters. The molecule has 0 aliphatic rings. The molecule has 170 valence electrons. The number of carboxylic acid groups (broad SMARTS) is 2. The average Bonchev–Trinajstić information content (AvgIpc) is 2.89. The number of aliphatic carboxylic acids is 2. The first kappa shape index (κ1) is 23.7. The molecular weight excluding hydrogens is 464 g/mol. The summed E-state index contributed by atoms with van der Waals surface area (Å²) >= 11 is 0. The van der Waals surface area contributed by atoms with E-state index < -0.39 is 21.4 Å². The van der Waals surface area contributed by atoms with Gasteiger partial charge in [0.2, 0.25) is 0 Å². The summed E-state index contributed by atoms with van der Waals surface area (Å²) in [6.07, 6.45) is 0. The van der Waals surface area contributed by atoms with Crippen LogP contribution in [0, 0.1) is 0 Å². The van der Waals surface area contributed by atoms with Crippen LogP contribution in [0.1, 0.15) is 22.3 Å². The Kier molecular flexibility index (Phi) is 7.10. The summed E-state index contributed by atoms with van der Waals surface area (Å²) in [6, 6.07) is 35.8. The van der Waals surface area contributed by atoms with Crippen LogP contribution < -0.4 is 0 Å². The summed E-state index contributed by atoms with van der Waals surface area (Å²) in [4.78, 5) is 26.0. The lowest BCUT2D eigenvalue weighted by Gasteiger charge is -2.35. The second-order valence-corrected chi connectivity index (χ2v) is 10.2. The third kappa shape index (κ3) is 4.22. The predicted molar refractivity (Wildman–Crippen MR) is 138 cm³/mol. The SMILES string of the molecule is O=C(O)C(SSC(C(=O)O)(c1ccccc1)c1ccccc1)(c1ccccc1)c1ccccc1. The van der Waals surface area contributed by atoms with Gasteiger partial charge in [0.05, 0.1) is 0 Å². The van der Waals surface area contributed by atoms with Gasteiger partial charge in [-0.1, -0.05) is 143 Å². The van der Waals surface area contributed by atoms with Crippen molar-refractivity contribution >= 4 is 33.5 Å². The van der Waals surface area contributed by atoms with Gasteiger partial charge in [0.25, 0.3) is 0 Å². The minimum atomic E-state index is -1.53. The number of rotatable bonds is 9. The van der Waals surface area contributed by atoms with Crippen molar-refractivity contribution in [2.75, 3.05) is 0 Å². The summed E-state index contributed by atoms with van der Waals surface area (Å²) in [5.41, 5.74) is 2.25. The van der Waals surface area contributed by atoms with Gasteiger partial charge in [0.15, 0.2) is 9.49 Å². The predicted octanol–water partition coefficient (Wildman–Crippen LogP) is 6.42. The maximum atomic E-state index is 13.0. The standard InChI is InChI=1S/C28H22O4S2/c29-25(30)27(21-13-5-1-6-14-21,22-15-7-2-8-16-22)33-34-28(26(31)32,23-17-9-3-10-18-23)24-19-11-4-12-20-24/h1-20H,(H,29,30)(H,31,32). The van der Waals surface area contributed by atoms with Gasteiger partial charge in [0.1, 0.15) is 0 Å². The summed E-state index contributed by atoms with van der Waals surface area (Å²) in [7, 11) is 2.09. The highest BCUT2D eigenvalue weighted by atomic mass is 33.1. The second kappa shape index (κ2) is 10.2. The van der Waals surface area contributed by atoms with Crippen LogP contribution in [0.15, 0.2) is 121 Å². The molecule has 0 bridgehead atoms. The Bertz CT molecular complexity index is 1070. The van der Waals surface area contributed by atoms with Crippen LogP contribution in [0.25, 0.3) is 0 Å². The van der Waals surface area contributed by atoms with Crippen molar-refractivity contribution in [3.05, 3.63) is 144 Å². The highest BCUT2D eigenvalue weighted by Gasteiger charge is 2.50. The maximum Gasteiger partial charge on any atom is 0.329 e. The molecule has 34 heavy (non-hydrogen) atoms. The summed E-state index contributed by atoms with van der Waals surface area (Å²) in [5, 5.41) is 21.3. The molecule has 4 aromatic rings. The van der Waals surface area contributed by atoms with E-state index in [9.17, 15) is 19.8 Å². The second-order valence-electron chi connectivity index (χ2n) is 7.60. The minimum Gasteiger partial charge on any atom is -0.480 e. The van der Waals surface area contributed by atoms with Gasteiger partial charge in [0, 0.05) is 0 Å². The van der Waals surface area contributed by atoms with Gasteiger partial charge < -0.3 is 10.2 Å². The number of hydrogen-bond donors (Lipinski definition) is 2. The van der Waals surface area contributed by atoms with Crippen LogP contribution in [0.4, 0.5) is 0 Å². The third-order valence-corrected chi connectivity index (χ3v) is 9.24. The molecule has 0 aliphatic carbocycles. The molecule has 0 saturated heterocycles. The van der Waals surface area contributed by atoms with Gasteiger partial charge in [-0.15, -0.1) is 0 Å². The van der Waals surface area contributed by atoms with Crippen LogP contribution in [0.5, 0.6) is 0 Å². The lowest BCUT2D eigenvalue weighted by Crippen LogP contribution is -2.37. The molecule has 4 rings (SSSR count). The van der Waals surface area contributed by atoms with E-state index in [2.05, 4.69) is 0 Å². The molecule has 2 N–H and O–H groups in total. The molecule has 0 heterocycles. The monoisotopic (exact) mass is 486 g/mol. The zero-order valence-corrected chi connectivity index (χ0v) is 19.7. The molecule has 0 spiro atoms. The van der Waals surface area contributed by atoms with Crippen LogP contribution in [-0.2, 0) is 19.1 Å². The van der Waals surface area contributed by atoms with Gasteiger partial charge in [-0.2, -0.15) is 0 Å². The highest BCUT2D eigenvalue weighted by Crippen LogP contribution is 2.58. The first-order valence-electron chi connectivity index (χ1n) is 10.6. The first-order valence-corrected chi connectivity index (χ1v) is 12.7. The normalized spacial score (nSPS) is 11.6. The Morgan fingerprint density at radius 3 is 0.824 bits per heavy atom. The van der Waals surface area contributed by atoms with E-state index in [1.165, 1.54) is 0 Å². The Hall–Kier alpha value is -3.48. The van der Waals surface area contributed by atoms with E-state index in [1.807, 2.05) is 24.3 Å². The third-order valence-electron chi connectivity index (χ3n) is 5.62. The van der Waals surface area contributed by atoms with Crippen LogP contribution >= 0.6 is 21.6 Å². The fourth-order valence-electron chi connectivity index (χ4n) is 3.91.